The number of nitrogens with one attached hydrogen (secondary N) is 2. The second-order valence-electron chi connectivity index (χ2n) is 4.65. The van der Waals surface area contributed by atoms with Crippen molar-refractivity contribution in [2.45, 2.75) is 24.8 Å². The molecule has 0 unspecified atom stereocenters. The molecule has 1 aromatic carbocycles. The van der Waals surface area contributed by atoms with E-state index in [-0.39, 0.29) is 10.9 Å². The average Bonchev–Trinajstić information content (AvgIpc) is 2.86. The van der Waals surface area contributed by atoms with E-state index in [1.54, 1.807) is 42.2 Å². The summed E-state index contributed by atoms with van der Waals surface area (Å²) in [6.45, 7) is 3.95. The number of hydrogen-bond acceptors (Lipinski definition) is 4. The summed E-state index contributed by atoms with van der Waals surface area (Å²) in [5.74, 6) is 0. The van der Waals surface area contributed by atoms with E-state index in [0.717, 1.165) is 0 Å². The van der Waals surface area contributed by atoms with Crippen molar-refractivity contribution in [2.75, 3.05) is 17.1 Å². The Balaban J connectivity index is 2.31. The van der Waals surface area contributed by atoms with E-state index in [9.17, 15) is 8.42 Å². The standard InChI is InChI=1S/C13H18N4O2S/c1-10(2)17-9-11(8-15-17)16-20(18,19)13-7-5-4-6-12(13)14-3/h4-10,14,16H,1-3H3. The first-order valence-corrected chi connectivity index (χ1v) is 7.76. The summed E-state index contributed by atoms with van der Waals surface area (Å²) >= 11 is 0. The van der Waals surface area contributed by atoms with E-state index < -0.39 is 10.0 Å². The zero-order chi connectivity index (χ0) is 14.8. The number of rotatable bonds is 5. The molecule has 0 atom stereocenters. The van der Waals surface area contributed by atoms with Crippen LogP contribution in [0, 0.1) is 0 Å². The van der Waals surface area contributed by atoms with E-state index >= 15 is 0 Å². The fourth-order valence-electron chi connectivity index (χ4n) is 1.79. The second-order valence-corrected chi connectivity index (χ2v) is 6.31. The maximum Gasteiger partial charge on any atom is 0.264 e. The molecule has 0 bridgehead atoms. The van der Waals surface area contributed by atoms with Crippen LogP contribution in [0.25, 0.3) is 0 Å². The van der Waals surface area contributed by atoms with Crippen molar-refractivity contribution < 1.29 is 8.42 Å². The zero-order valence-corrected chi connectivity index (χ0v) is 12.5. The first-order chi connectivity index (χ1) is 9.44. The number of sulfonamides is 1. The van der Waals surface area contributed by atoms with Gasteiger partial charge >= 0.3 is 0 Å². The summed E-state index contributed by atoms with van der Waals surface area (Å²) < 4.78 is 29.0. The van der Waals surface area contributed by atoms with Crippen LogP contribution in [0.4, 0.5) is 11.4 Å². The molecule has 0 spiro atoms. The largest absolute Gasteiger partial charge is 0.387 e. The molecule has 0 aliphatic carbocycles. The van der Waals surface area contributed by atoms with Gasteiger partial charge in [-0.2, -0.15) is 5.10 Å². The molecule has 0 saturated heterocycles. The topological polar surface area (TPSA) is 76.0 Å². The van der Waals surface area contributed by atoms with Gasteiger partial charge in [0.25, 0.3) is 10.0 Å². The van der Waals surface area contributed by atoms with Crippen molar-refractivity contribution >= 4 is 21.4 Å². The van der Waals surface area contributed by atoms with Crippen LogP contribution in [0.3, 0.4) is 0 Å². The van der Waals surface area contributed by atoms with E-state index in [2.05, 4.69) is 15.1 Å². The monoisotopic (exact) mass is 294 g/mol. The normalized spacial score (nSPS) is 11.6. The molecular formula is C13H18N4O2S. The fraction of sp³-hybridized carbons (Fsp3) is 0.308. The maximum absolute atomic E-state index is 12.4. The molecule has 0 amide bonds. The lowest BCUT2D eigenvalue weighted by molar-refractivity contribution is 0.532. The Hall–Kier alpha value is -2.02. The van der Waals surface area contributed by atoms with E-state index in [1.807, 2.05) is 13.8 Å². The van der Waals surface area contributed by atoms with Gasteiger partial charge in [-0.05, 0) is 26.0 Å². The van der Waals surface area contributed by atoms with Gasteiger partial charge in [-0.1, -0.05) is 12.1 Å². The van der Waals surface area contributed by atoms with Gasteiger partial charge in [0.05, 0.1) is 17.6 Å². The van der Waals surface area contributed by atoms with Crippen LogP contribution in [-0.4, -0.2) is 25.2 Å². The lowest BCUT2D eigenvalue weighted by atomic mass is 10.3. The predicted octanol–water partition coefficient (Wildman–Crippen LogP) is 2.31. The molecule has 2 aromatic rings. The number of hydrogen-bond donors (Lipinski definition) is 2. The lowest BCUT2D eigenvalue weighted by Gasteiger charge is -2.10. The predicted molar refractivity (Wildman–Crippen MR) is 79.4 cm³/mol. The minimum absolute atomic E-state index is 0.179. The smallest absolute Gasteiger partial charge is 0.264 e. The third-order valence-corrected chi connectivity index (χ3v) is 4.27. The van der Waals surface area contributed by atoms with Gasteiger partial charge in [0.2, 0.25) is 0 Å². The quantitative estimate of drug-likeness (QED) is 0.887. The molecule has 0 aliphatic heterocycles. The van der Waals surface area contributed by atoms with Crippen molar-refractivity contribution in [1.29, 1.82) is 0 Å². The van der Waals surface area contributed by atoms with Crippen LogP contribution in [0.5, 0.6) is 0 Å². The van der Waals surface area contributed by atoms with Crippen molar-refractivity contribution in [3.63, 3.8) is 0 Å². The Morgan fingerprint density at radius 3 is 2.55 bits per heavy atom. The van der Waals surface area contributed by atoms with Gasteiger partial charge in [0, 0.05) is 19.3 Å². The van der Waals surface area contributed by atoms with Crippen molar-refractivity contribution in [1.82, 2.24) is 9.78 Å². The summed E-state index contributed by atoms with van der Waals surface area (Å²) in [6.07, 6.45) is 3.17. The molecule has 1 heterocycles. The first-order valence-electron chi connectivity index (χ1n) is 6.28. The highest BCUT2D eigenvalue weighted by atomic mass is 32.2. The number of anilines is 2. The number of benzene rings is 1. The number of nitrogens with zero attached hydrogens (tertiary/aromatic N) is 2. The number of para-hydroxylation sites is 1. The average molecular weight is 294 g/mol. The van der Waals surface area contributed by atoms with Crippen molar-refractivity contribution in [3.8, 4) is 0 Å². The highest BCUT2D eigenvalue weighted by Gasteiger charge is 2.18. The lowest BCUT2D eigenvalue weighted by Crippen LogP contribution is -2.14. The van der Waals surface area contributed by atoms with Gasteiger partial charge in [-0.3, -0.25) is 9.40 Å². The highest BCUT2D eigenvalue weighted by molar-refractivity contribution is 7.92. The highest BCUT2D eigenvalue weighted by Crippen LogP contribution is 2.23. The third-order valence-electron chi connectivity index (χ3n) is 2.83. The van der Waals surface area contributed by atoms with Crippen LogP contribution in [0.15, 0.2) is 41.6 Å². The summed E-state index contributed by atoms with van der Waals surface area (Å²) in [5, 5.41) is 6.98. The molecule has 7 heteroatoms. The molecule has 2 N–H and O–H groups in total. The Labute approximate surface area is 118 Å². The third kappa shape index (κ3) is 2.93. The van der Waals surface area contributed by atoms with E-state index in [1.165, 1.54) is 6.20 Å². The van der Waals surface area contributed by atoms with Crippen LogP contribution in [0.2, 0.25) is 0 Å². The minimum Gasteiger partial charge on any atom is -0.387 e. The Kier molecular flexibility index (Phi) is 3.99. The molecule has 6 nitrogen and oxygen atoms in total. The molecule has 0 aliphatic rings. The van der Waals surface area contributed by atoms with E-state index in [4.69, 9.17) is 0 Å². The van der Waals surface area contributed by atoms with Crippen molar-refractivity contribution in [2.24, 2.45) is 0 Å². The van der Waals surface area contributed by atoms with E-state index in [0.29, 0.717) is 11.4 Å². The van der Waals surface area contributed by atoms with Crippen molar-refractivity contribution in [3.05, 3.63) is 36.7 Å². The maximum atomic E-state index is 12.4. The summed E-state index contributed by atoms with van der Waals surface area (Å²) in [5.41, 5.74) is 1.00. The molecular weight excluding hydrogens is 276 g/mol. The summed E-state index contributed by atoms with van der Waals surface area (Å²) in [7, 11) is -1.95. The molecule has 2 rings (SSSR count). The molecule has 0 saturated carbocycles. The minimum atomic E-state index is -3.63. The number of aromatic nitrogens is 2. The SMILES string of the molecule is CNc1ccccc1S(=O)(=O)Nc1cnn(C(C)C)c1. The first kappa shape index (κ1) is 14.4. The molecule has 0 radical (unpaired) electrons. The van der Waals surface area contributed by atoms with Crippen LogP contribution < -0.4 is 10.0 Å². The fourth-order valence-corrected chi connectivity index (χ4v) is 3.03. The van der Waals surface area contributed by atoms with Gasteiger partial charge in [0.15, 0.2) is 0 Å². The van der Waals surface area contributed by atoms with Gasteiger partial charge < -0.3 is 5.32 Å². The molecule has 1 aromatic heterocycles. The second kappa shape index (κ2) is 5.54. The van der Waals surface area contributed by atoms with Crippen LogP contribution in [-0.2, 0) is 10.0 Å². The van der Waals surface area contributed by atoms with Gasteiger partial charge in [-0.15, -0.1) is 0 Å². The Bertz CT molecular complexity index is 692. The Morgan fingerprint density at radius 1 is 1.25 bits per heavy atom. The van der Waals surface area contributed by atoms with Crippen LogP contribution in [0.1, 0.15) is 19.9 Å². The van der Waals surface area contributed by atoms with Gasteiger partial charge in [-0.25, -0.2) is 8.42 Å². The zero-order valence-electron chi connectivity index (χ0n) is 11.7. The molecule has 108 valence electrons. The summed E-state index contributed by atoms with van der Waals surface area (Å²) in [6, 6.07) is 6.92. The molecule has 20 heavy (non-hydrogen) atoms. The Morgan fingerprint density at radius 2 is 1.95 bits per heavy atom. The van der Waals surface area contributed by atoms with Crippen LogP contribution >= 0.6 is 0 Å². The molecule has 0 fully saturated rings. The van der Waals surface area contributed by atoms with Gasteiger partial charge in [0.1, 0.15) is 4.90 Å². The summed E-state index contributed by atoms with van der Waals surface area (Å²) in [4.78, 5) is 0.208.